The predicted octanol–water partition coefficient (Wildman–Crippen LogP) is 3.01. The van der Waals surface area contributed by atoms with Gasteiger partial charge in [0.05, 0.1) is 12.0 Å². The average molecular weight is 253 g/mol. The van der Waals surface area contributed by atoms with E-state index in [1.165, 1.54) is 36.5 Å². The number of aromatic nitrogens is 2. The van der Waals surface area contributed by atoms with Gasteiger partial charge in [-0.2, -0.15) is 11.8 Å². The molecule has 4 heteroatoms. The van der Waals surface area contributed by atoms with Crippen molar-refractivity contribution in [3.63, 3.8) is 0 Å². The summed E-state index contributed by atoms with van der Waals surface area (Å²) >= 11 is 2.02. The zero-order chi connectivity index (χ0) is 12.1. The van der Waals surface area contributed by atoms with Crippen LogP contribution in [-0.4, -0.2) is 27.6 Å². The van der Waals surface area contributed by atoms with Gasteiger partial charge in [0.25, 0.3) is 0 Å². The summed E-state index contributed by atoms with van der Waals surface area (Å²) in [5.41, 5.74) is 1.37. The van der Waals surface area contributed by atoms with Crippen LogP contribution in [0.3, 0.4) is 0 Å². The second-order valence-corrected chi connectivity index (χ2v) is 6.10. The highest BCUT2D eigenvalue weighted by atomic mass is 32.2. The van der Waals surface area contributed by atoms with Crippen molar-refractivity contribution in [1.29, 1.82) is 0 Å². The monoisotopic (exact) mass is 253 g/mol. The van der Waals surface area contributed by atoms with Crippen molar-refractivity contribution >= 4 is 11.8 Å². The van der Waals surface area contributed by atoms with E-state index in [-0.39, 0.29) is 0 Å². The summed E-state index contributed by atoms with van der Waals surface area (Å²) in [5, 5.41) is 3.56. The van der Waals surface area contributed by atoms with Gasteiger partial charge in [0, 0.05) is 18.3 Å². The van der Waals surface area contributed by atoms with E-state index < -0.39 is 0 Å². The van der Waals surface area contributed by atoms with Crippen LogP contribution in [0.5, 0.6) is 0 Å². The van der Waals surface area contributed by atoms with Gasteiger partial charge in [-0.05, 0) is 44.2 Å². The summed E-state index contributed by atoms with van der Waals surface area (Å²) in [6.45, 7) is 5.67. The molecule has 1 saturated heterocycles. The van der Waals surface area contributed by atoms with Crippen molar-refractivity contribution in [2.45, 2.75) is 45.2 Å². The van der Waals surface area contributed by atoms with Crippen molar-refractivity contribution in [3.8, 4) is 0 Å². The van der Waals surface area contributed by atoms with Crippen LogP contribution < -0.4 is 5.32 Å². The van der Waals surface area contributed by atoms with Crippen LogP contribution in [-0.2, 0) is 0 Å². The average Bonchev–Trinajstić information content (AvgIpc) is 2.99. The quantitative estimate of drug-likeness (QED) is 0.790. The lowest BCUT2D eigenvalue weighted by Crippen LogP contribution is -2.18. The number of thioether (sulfide) groups is 1. The first-order valence-electron chi connectivity index (χ1n) is 6.65. The number of rotatable bonds is 6. The maximum Gasteiger partial charge on any atom is 0.0951 e. The lowest BCUT2D eigenvalue weighted by atomic mass is 10.1. The lowest BCUT2D eigenvalue weighted by Gasteiger charge is -2.19. The van der Waals surface area contributed by atoms with Crippen LogP contribution in [0.15, 0.2) is 12.5 Å². The second-order valence-electron chi connectivity index (χ2n) is 4.71. The van der Waals surface area contributed by atoms with Gasteiger partial charge in [-0.25, -0.2) is 4.98 Å². The van der Waals surface area contributed by atoms with Gasteiger partial charge in [-0.15, -0.1) is 0 Å². The molecule has 3 nitrogen and oxygen atoms in total. The smallest absolute Gasteiger partial charge is 0.0951 e. The highest BCUT2D eigenvalue weighted by Crippen LogP contribution is 2.26. The molecule has 0 amide bonds. The number of nitrogens with one attached hydrogen (secondary N) is 1. The zero-order valence-electron chi connectivity index (χ0n) is 10.9. The minimum atomic E-state index is 0.527. The Morgan fingerprint density at radius 3 is 3.24 bits per heavy atom. The maximum absolute atomic E-state index is 4.33. The molecule has 1 fully saturated rings. The molecule has 0 aliphatic carbocycles. The Morgan fingerprint density at radius 1 is 1.65 bits per heavy atom. The number of nitrogens with zero attached hydrogens (tertiary/aromatic N) is 2. The van der Waals surface area contributed by atoms with Crippen LogP contribution in [0.25, 0.3) is 0 Å². The van der Waals surface area contributed by atoms with Crippen molar-refractivity contribution in [3.05, 3.63) is 18.2 Å². The highest BCUT2D eigenvalue weighted by Gasteiger charge is 2.21. The standard InChI is InChI=1S/C13H23N3S/c1-3-17-8-6-11(2)16-10-14-9-13(16)12-5-4-7-15-12/h9-12,15H,3-8H2,1-2H3. The molecule has 1 aromatic heterocycles. The van der Waals surface area contributed by atoms with Gasteiger partial charge < -0.3 is 9.88 Å². The van der Waals surface area contributed by atoms with Gasteiger partial charge in [-0.1, -0.05) is 6.92 Å². The molecule has 0 bridgehead atoms. The van der Waals surface area contributed by atoms with Crippen molar-refractivity contribution in [2.24, 2.45) is 0 Å². The topological polar surface area (TPSA) is 29.9 Å². The third-order valence-electron chi connectivity index (χ3n) is 3.47. The van der Waals surface area contributed by atoms with Gasteiger partial charge in [0.15, 0.2) is 0 Å². The third kappa shape index (κ3) is 3.26. The molecule has 17 heavy (non-hydrogen) atoms. The Bertz CT molecular complexity index is 331. The molecule has 0 radical (unpaired) electrons. The predicted molar refractivity (Wildman–Crippen MR) is 74.5 cm³/mol. The summed E-state index contributed by atoms with van der Waals surface area (Å²) in [6.07, 6.45) is 7.80. The second kappa shape index (κ2) is 6.45. The molecule has 0 saturated carbocycles. The fourth-order valence-corrected chi connectivity index (χ4v) is 3.22. The molecular formula is C13H23N3S. The van der Waals surface area contributed by atoms with Crippen molar-refractivity contribution in [2.75, 3.05) is 18.1 Å². The number of hydrogen-bond acceptors (Lipinski definition) is 3. The molecule has 2 heterocycles. The van der Waals surface area contributed by atoms with Crippen molar-refractivity contribution in [1.82, 2.24) is 14.9 Å². The fraction of sp³-hybridized carbons (Fsp3) is 0.769. The molecule has 1 aliphatic rings. The first-order chi connectivity index (χ1) is 8.33. The van der Waals surface area contributed by atoms with Crippen LogP contribution in [0.1, 0.15) is 50.9 Å². The Hall–Kier alpha value is -0.480. The summed E-state index contributed by atoms with van der Waals surface area (Å²) < 4.78 is 2.36. The molecule has 0 spiro atoms. The molecule has 2 rings (SSSR count). The molecule has 0 aromatic carbocycles. The zero-order valence-corrected chi connectivity index (χ0v) is 11.7. The maximum atomic E-state index is 4.33. The van der Waals surface area contributed by atoms with Gasteiger partial charge in [-0.3, -0.25) is 0 Å². The largest absolute Gasteiger partial charge is 0.330 e. The van der Waals surface area contributed by atoms with E-state index in [0.717, 1.165) is 6.54 Å². The summed E-state index contributed by atoms with van der Waals surface area (Å²) in [4.78, 5) is 4.33. The van der Waals surface area contributed by atoms with Crippen LogP contribution in [0.4, 0.5) is 0 Å². The van der Waals surface area contributed by atoms with E-state index >= 15 is 0 Å². The van der Waals surface area contributed by atoms with Crippen LogP contribution >= 0.6 is 11.8 Å². The van der Waals surface area contributed by atoms with E-state index in [9.17, 15) is 0 Å². The summed E-state index contributed by atoms with van der Waals surface area (Å²) in [6, 6.07) is 1.09. The first kappa shape index (κ1) is 13.0. The Morgan fingerprint density at radius 2 is 2.53 bits per heavy atom. The fourth-order valence-electron chi connectivity index (χ4n) is 2.43. The van der Waals surface area contributed by atoms with E-state index in [1.54, 1.807) is 0 Å². The molecule has 2 unspecified atom stereocenters. The van der Waals surface area contributed by atoms with Crippen LogP contribution in [0, 0.1) is 0 Å². The van der Waals surface area contributed by atoms with Crippen molar-refractivity contribution < 1.29 is 0 Å². The SMILES string of the molecule is CCSCCC(C)n1cncc1C1CCCN1. The summed E-state index contributed by atoms with van der Waals surface area (Å²) in [7, 11) is 0. The molecule has 2 atom stereocenters. The minimum absolute atomic E-state index is 0.527. The number of hydrogen-bond donors (Lipinski definition) is 1. The Kier molecular flexibility index (Phi) is 4.92. The molecular weight excluding hydrogens is 230 g/mol. The Labute approximate surface area is 108 Å². The van der Waals surface area contributed by atoms with Gasteiger partial charge in [0.1, 0.15) is 0 Å². The van der Waals surface area contributed by atoms with E-state index in [0.29, 0.717) is 12.1 Å². The first-order valence-corrected chi connectivity index (χ1v) is 7.81. The van der Waals surface area contributed by atoms with Crippen LogP contribution in [0.2, 0.25) is 0 Å². The Balaban J connectivity index is 1.97. The summed E-state index contributed by atoms with van der Waals surface area (Å²) in [5.74, 6) is 2.46. The highest BCUT2D eigenvalue weighted by molar-refractivity contribution is 7.99. The van der Waals surface area contributed by atoms with Gasteiger partial charge in [0.2, 0.25) is 0 Å². The van der Waals surface area contributed by atoms with E-state index in [1.807, 2.05) is 24.3 Å². The van der Waals surface area contributed by atoms with E-state index in [4.69, 9.17) is 0 Å². The minimum Gasteiger partial charge on any atom is -0.330 e. The molecule has 1 aliphatic heterocycles. The van der Waals surface area contributed by atoms with E-state index in [2.05, 4.69) is 28.7 Å². The molecule has 96 valence electrons. The van der Waals surface area contributed by atoms with Gasteiger partial charge >= 0.3 is 0 Å². The molecule has 1 aromatic rings. The number of imidazole rings is 1. The third-order valence-corrected chi connectivity index (χ3v) is 4.40. The normalized spacial score (nSPS) is 21.9. The lowest BCUT2D eigenvalue weighted by molar-refractivity contribution is 0.482. The molecule has 1 N–H and O–H groups in total.